The molecule has 0 N–H and O–H groups in total. The SMILES string of the molecule is O=C(c1ccco1)N1CCN(C2=CC(=O)N(c3cccc(Cl)c3)C2=O)CC1. The molecule has 0 saturated carbocycles. The first kappa shape index (κ1) is 17.4. The van der Waals surface area contributed by atoms with Crippen LogP contribution in [0.4, 0.5) is 5.69 Å². The zero-order chi connectivity index (χ0) is 19.0. The van der Waals surface area contributed by atoms with Gasteiger partial charge in [0.05, 0.1) is 12.0 Å². The van der Waals surface area contributed by atoms with E-state index in [1.807, 2.05) is 4.90 Å². The molecule has 27 heavy (non-hydrogen) atoms. The van der Waals surface area contributed by atoms with Gasteiger partial charge in [0.2, 0.25) is 0 Å². The van der Waals surface area contributed by atoms with Crippen LogP contribution in [0.1, 0.15) is 10.6 Å². The molecule has 0 spiro atoms. The summed E-state index contributed by atoms with van der Waals surface area (Å²) in [7, 11) is 0. The first-order valence-electron chi connectivity index (χ1n) is 8.48. The van der Waals surface area contributed by atoms with Crippen LogP contribution in [-0.2, 0) is 9.59 Å². The van der Waals surface area contributed by atoms with Crippen LogP contribution < -0.4 is 4.90 Å². The number of benzene rings is 1. The maximum atomic E-state index is 12.8. The normalized spacial score (nSPS) is 17.5. The lowest BCUT2D eigenvalue weighted by atomic mass is 10.2. The molecule has 3 amide bonds. The van der Waals surface area contributed by atoms with Crippen molar-refractivity contribution in [2.75, 3.05) is 31.1 Å². The standard InChI is InChI=1S/C19H16ClN3O4/c20-13-3-1-4-14(11-13)23-17(24)12-15(18(23)25)21-6-8-22(9-7-21)19(26)16-5-2-10-27-16/h1-5,10-12H,6-9H2. The highest BCUT2D eigenvalue weighted by Gasteiger charge is 2.37. The van der Waals surface area contributed by atoms with Gasteiger partial charge in [0.25, 0.3) is 17.7 Å². The number of hydrogen-bond donors (Lipinski definition) is 0. The van der Waals surface area contributed by atoms with Gasteiger partial charge in [-0.05, 0) is 30.3 Å². The summed E-state index contributed by atoms with van der Waals surface area (Å²) >= 11 is 5.97. The average molecular weight is 386 g/mol. The summed E-state index contributed by atoms with van der Waals surface area (Å²) in [5, 5.41) is 0.451. The fraction of sp³-hybridized carbons (Fsp3) is 0.211. The maximum absolute atomic E-state index is 12.8. The Hall–Kier alpha value is -3.06. The van der Waals surface area contributed by atoms with Crippen molar-refractivity contribution < 1.29 is 18.8 Å². The molecule has 1 aromatic heterocycles. The first-order valence-corrected chi connectivity index (χ1v) is 8.86. The van der Waals surface area contributed by atoms with Crippen molar-refractivity contribution >= 4 is 35.0 Å². The van der Waals surface area contributed by atoms with E-state index in [-0.39, 0.29) is 11.8 Å². The number of carbonyl (C=O) groups is 3. The van der Waals surface area contributed by atoms with Crippen molar-refractivity contribution in [3.05, 3.63) is 65.2 Å². The Labute approximate surface area is 160 Å². The van der Waals surface area contributed by atoms with Gasteiger partial charge in [0.1, 0.15) is 5.70 Å². The minimum Gasteiger partial charge on any atom is -0.459 e. The van der Waals surface area contributed by atoms with E-state index in [0.717, 1.165) is 4.90 Å². The van der Waals surface area contributed by atoms with Crippen LogP contribution in [0.25, 0.3) is 0 Å². The van der Waals surface area contributed by atoms with E-state index in [4.69, 9.17) is 16.0 Å². The molecule has 2 aromatic rings. The van der Waals surface area contributed by atoms with Gasteiger partial charge in [0.15, 0.2) is 5.76 Å². The monoisotopic (exact) mass is 385 g/mol. The summed E-state index contributed by atoms with van der Waals surface area (Å²) in [6, 6.07) is 9.90. The summed E-state index contributed by atoms with van der Waals surface area (Å²) in [5.41, 5.74) is 0.778. The van der Waals surface area contributed by atoms with Gasteiger partial charge in [0, 0.05) is 37.3 Å². The zero-order valence-corrected chi connectivity index (χ0v) is 15.1. The van der Waals surface area contributed by atoms with Crippen LogP contribution in [0.5, 0.6) is 0 Å². The lowest BCUT2D eigenvalue weighted by Crippen LogP contribution is -2.49. The largest absolute Gasteiger partial charge is 0.459 e. The molecule has 1 saturated heterocycles. The third kappa shape index (κ3) is 3.21. The van der Waals surface area contributed by atoms with Crippen molar-refractivity contribution in [2.24, 2.45) is 0 Å². The number of amides is 3. The highest BCUT2D eigenvalue weighted by Crippen LogP contribution is 2.27. The summed E-state index contributed by atoms with van der Waals surface area (Å²) in [4.78, 5) is 42.1. The van der Waals surface area contributed by atoms with Gasteiger partial charge in [-0.15, -0.1) is 0 Å². The highest BCUT2D eigenvalue weighted by molar-refractivity contribution is 6.33. The van der Waals surface area contributed by atoms with Crippen LogP contribution in [0.15, 0.2) is 58.9 Å². The average Bonchev–Trinajstić information content (AvgIpc) is 3.30. The minimum atomic E-state index is -0.397. The maximum Gasteiger partial charge on any atom is 0.289 e. The quantitative estimate of drug-likeness (QED) is 0.757. The molecule has 0 aliphatic carbocycles. The third-order valence-electron chi connectivity index (χ3n) is 4.61. The molecular weight excluding hydrogens is 370 g/mol. The summed E-state index contributed by atoms with van der Waals surface area (Å²) < 4.78 is 5.15. The minimum absolute atomic E-state index is 0.178. The molecule has 4 rings (SSSR count). The van der Waals surface area contributed by atoms with E-state index in [1.54, 1.807) is 41.3 Å². The smallest absolute Gasteiger partial charge is 0.289 e. The lowest BCUT2D eigenvalue weighted by Gasteiger charge is -2.35. The van der Waals surface area contributed by atoms with E-state index in [2.05, 4.69) is 0 Å². The summed E-state index contributed by atoms with van der Waals surface area (Å²) in [5.74, 6) is -0.663. The fourth-order valence-electron chi connectivity index (χ4n) is 3.25. The fourth-order valence-corrected chi connectivity index (χ4v) is 3.44. The van der Waals surface area contributed by atoms with Crippen molar-refractivity contribution in [2.45, 2.75) is 0 Å². The number of rotatable bonds is 3. The molecule has 2 aliphatic rings. The molecule has 138 valence electrons. The van der Waals surface area contributed by atoms with Crippen LogP contribution >= 0.6 is 11.6 Å². The van der Waals surface area contributed by atoms with E-state index in [1.165, 1.54) is 12.3 Å². The number of furan rings is 1. The van der Waals surface area contributed by atoms with Gasteiger partial charge in [-0.2, -0.15) is 0 Å². The Morgan fingerprint density at radius 2 is 1.81 bits per heavy atom. The highest BCUT2D eigenvalue weighted by atomic mass is 35.5. The third-order valence-corrected chi connectivity index (χ3v) is 4.84. The van der Waals surface area contributed by atoms with Gasteiger partial charge >= 0.3 is 0 Å². The summed E-state index contributed by atoms with van der Waals surface area (Å²) in [6.07, 6.45) is 2.80. The molecule has 0 atom stereocenters. The Kier molecular flexibility index (Phi) is 4.45. The van der Waals surface area contributed by atoms with Crippen LogP contribution in [0, 0.1) is 0 Å². The van der Waals surface area contributed by atoms with Crippen molar-refractivity contribution in [3.63, 3.8) is 0 Å². The van der Waals surface area contributed by atoms with Crippen molar-refractivity contribution in [3.8, 4) is 0 Å². The number of anilines is 1. The number of hydrogen-bond acceptors (Lipinski definition) is 5. The molecule has 8 heteroatoms. The molecule has 0 radical (unpaired) electrons. The van der Waals surface area contributed by atoms with E-state index < -0.39 is 5.91 Å². The molecule has 1 fully saturated rings. The van der Waals surface area contributed by atoms with Gasteiger partial charge in [-0.1, -0.05) is 17.7 Å². The Balaban J connectivity index is 1.44. The Morgan fingerprint density at radius 1 is 1.04 bits per heavy atom. The second kappa shape index (κ2) is 6.92. The second-order valence-electron chi connectivity index (χ2n) is 6.24. The molecular formula is C19H16ClN3O4. The number of halogens is 1. The number of carbonyl (C=O) groups excluding carboxylic acids is 3. The summed E-state index contributed by atoms with van der Waals surface area (Å²) in [6.45, 7) is 1.80. The van der Waals surface area contributed by atoms with E-state index >= 15 is 0 Å². The molecule has 1 aromatic carbocycles. The predicted molar refractivity (Wildman–Crippen MR) is 98.2 cm³/mol. The molecule has 0 unspecified atom stereocenters. The van der Waals surface area contributed by atoms with Crippen LogP contribution in [-0.4, -0.2) is 53.7 Å². The second-order valence-corrected chi connectivity index (χ2v) is 6.68. The number of imide groups is 1. The Bertz CT molecular complexity index is 930. The Morgan fingerprint density at radius 3 is 2.48 bits per heavy atom. The first-order chi connectivity index (χ1) is 13.0. The van der Waals surface area contributed by atoms with Gasteiger partial charge < -0.3 is 14.2 Å². The molecule has 3 heterocycles. The molecule has 2 aliphatic heterocycles. The van der Waals surface area contributed by atoms with E-state index in [0.29, 0.717) is 48.3 Å². The number of nitrogens with zero attached hydrogens (tertiary/aromatic N) is 3. The predicted octanol–water partition coefficient (Wildman–Crippen LogP) is 2.15. The number of piperazine rings is 1. The molecule has 7 nitrogen and oxygen atoms in total. The molecule has 0 bridgehead atoms. The van der Waals surface area contributed by atoms with Crippen LogP contribution in [0.3, 0.4) is 0 Å². The van der Waals surface area contributed by atoms with E-state index in [9.17, 15) is 14.4 Å². The van der Waals surface area contributed by atoms with Gasteiger partial charge in [-0.3, -0.25) is 14.4 Å². The van der Waals surface area contributed by atoms with Gasteiger partial charge in [-0.25, -0.2) is 4.90 Å². The van der Waals surface area contributed by atoms with Crippen molar-refractivity contribution in [1.82, 2.24) is 9.80 Å². The van der Waals surface area contributed by atoms with Crippen molar-refractivity contribution in [1.29, 1.82) is 0 Å². The van der Waals surface area contributed by atoms with Crippen LogP contribution in [0.2, 0.25) is 5.02 Å². The zero-order valence-electron chi connectivity index (χ0n) is 14.3. The topological polar surface area (TPSA) is 74.1 Å². The lowest BCUT2D eigenvalue weighted by molar-refractivity contribution is -0.121.